The van der Waals surface area contributed by atoms with Crippen LogP contribution in [0.25, 0.3) is 0 Å². The highest BCUT2D eigenvalue weighted by molar-refractivity contribution is 6.32. The number of nitrogens with zero attached hydrogens (tertiary/aromatic N) is 2. The molecule has 2 rings (SSSR count). The number of ether oxygens (including phenoxy) is 2. The number of carboxylic acids is 1. The minimum absolute atomic E-state index is 0.0957. The largest absolute Gasteiger partial charge is 0.479 e. The Bertz CT molecular complexity index is 844. The molecular formula is C17H19ClN2O5. The van der Waals surface area contributed by atoms with Crippen molar-refractivity contribution in [3.8, 4) is 17.4 Å². The van der Waals surface area contributed by atoms with Crippen LogP contribution in [0, 0.1) is 13.8 Å². The number of benzene rings is 1. The highest BCUT2D eigenvalue weighted by atomic mass is 35.5. The van der Waals surface area contributed by atoms with Gasteiger partial charge in [0.15, 0.2) is 17.6 Å². The molecule has 25 heavy (non-hydrogen) atoms. The molecule has 1 aromatic carbocycles. The van der Waals surface area contributed by atoms with Gasteiger partial charge in [-0.1, -0.05) is 11.6 Å². The van der Waals surface area contributed by atoms with Crippen LogP contribution < -0.4 is 9.47 Å². The van der Waals surface area contributed by atoms with Crippen LogP contribution in [0.3, 0.4) is 0 Å². The number of hydrogen-bond donors (Lipinski definition) is 1. The van der Waals surface area contributed by atoms with Gasteiger partial charge in [-0.3, -0.25) is 4.79 Å². The van der Waals surface area contributed by atoms with Crippen molar-refractivity contribution in [3.63, 3.8) is 0 Å². The maximum Gasteiger partial charge on any atom is 0.344 e. The molecule has 0 saturated carbocycles. The second-order valence-electron chi connectivity index (χ2n) is 5.67. The van der Waals surface area contributed by atoms with Gasteiger partial charge in [-0.05, 0) is 33.8 Å². The van der Waals surface area contributed by atoms with Crippen molar-refractivity contribution >= 4 is 23.4 Å². The van der Waals surface area contributed by atoms with Crippen LogP contribution in [0.5, 0.6) is 17.4 Å². The van der Waals surface area contributed by atoms with Gasteiger partial charge in [0.2, 0.25) is 5.88 Å². The first-order valence-electron chi connectivity index (χ1n) is 7.53. The van der Waals surface area contributed by atoms with Gasteiger partial charge in [0, 0.05) is 18.7 Å². The van der Waals surface area contributed by atoms with Crippen LogP contribution >= 0.6 is 11.6 Å². The van der Waals surface area contributed by atoms with E-state index in [2.05, 4.69) is 5.10 Å². The highest BCUT2D eigenvalue weighted by Gasteiger charge is 2.21. The number of ketones is 1. The molecule has 0 aliphatic rings. The van der Waals surface area contributed by atoms with E-state index in [9.17, 15) is 9.59 Å². The van der Waals surface area contributed by atoms with Gasteiger partial charge >= 0.3 is 5.97 Å². The monoisotopic (exact) mass is 366 g/mol. The van der Waals surface area contributed by atoms with Crippen molar-refractivity contribution in [2.24, 2.45) is 7.05 Å². The second kappa shape index (κ2) is 7.14. The Balaban J connectivity index is 2.48. The molecule has 0 bridgehead atoms. The van der Waals surface area contributed by atoms with Crippen LogP contribution in [-0.2, 0) is 11.8 Å². The lowest BCUT2D eigenvalue weighted by molar-refractivity contribution is -0.144. The lowest BCUT2D eigenvalue weighted by atomic mass is 10.1. The molecule has 1 aromatic heterocycles. The van der Waals surface area contributed by atoms with E-state index in [0.717, 1.165) is 11.3 Å². The van der Waals surface area contributed by atoms with Crippen LogP contribution in [0.4, 0.5) is 0 Å². The zero-order valence-electron chi connectivity index (χ0n) is 14.6. The number of aliphatic carboxylic acids is 1. The predicted octanol–water partition coefficient (Wildman–Crippen LogP) is 3.54. The topological polar surface area (TPSA) is 90.6 Å². The molecule has 0 fully saturated rings. The van der Waals surface area contributed by atoms with Gasteiger partial charge in [0.1, 0.15) is 5.75 Å². The maximum atomic E-state index is 11.8. The molecule has 0 unspecified atom stereocenters. The summed E-state index contributed by atoms with van der Waals surface area (Å²) in [6, 6.07) is 2.82. The third-order valence-corrected chi connectivity index (χ3v) is 4.02. The van der Waals surface area contributed by atoms with Gasteiger partial charge in [-0.25, -0.2) is 9.48 Å². The minimum atomic E-state index is -1.15. The summed E-state index contributed by atoms with van der Waals surface area (Å²) in [4.78, 5) is 22.9. The van der Waals surface area contributed by atoms with E-state index in [1.807, 2.05) is 13.8 Å². The molecule has 7 nitrogen and oxygen atoms in total. The van der Waals surface area contributed by atoms with Gasteiger partial charge in [0.25, 0.3) is 0 Å². The molecule has 8 heteroatoms. The van der Waals surface area contributed by atoms with Crippen molar-refractivity contribution in [1.82, 2.24) is 9.78 Å². The number of hydrogen-bond acceptors (Lipinski definition) is 5. The fraction of sp³-hybridized carbons (Fsp3) is 0.353. The molecule has 1 N–H and O–H groups in total. The van der Waals surface area contributed by atoms with Crippen molar-refractivity contribution in [1.29, 1.82) is 0 Å². The smallest absolute Gasteiger partial charge is 0.344 e. The lowest BCUT2D eigenvalue weighted by Gasteiger charge is -2.16. The summed E-state index contributed by atoms with van der Waals surface area (Å²) in [5.41, 5.74) is 1.84. The molecule has 0 radical (unpaired) electrons. The van der Waals surface area contributed by atoms with E-state index in [0.29, 0.717) is 5.88 Å². The molecule has 2 aromatic rings. The fourth-order valence-corrected chi connectivity index (χ4v) is 2.42. The summed E-state index contributed by atoms with van der Waals surface area (Å²) in [5, 5.41) is 13.5. The molecule has 0 aliphatic heterocycles. The van der Waals surface area contributed by atoms with Crippen molar-refractivity contribution in [2.45, 2.75) is 33.8 Å². The SMILES string of the molecule is CC(=O)c1cc(Cl)c(Oc2c(C)c(C)nn2C)cc1O[C@@H](C)C(=O)O. The first-order valence-corrected chi connectivity index (χ1v) is 7.91. The average Bonchev–Trinajstić information content (AvgIpc) is 2.75. The summed E-state index contributed by atoms with van der Waals surface area (Å²) in [5.74, 6) is -0.616. The predicted molar refractivity (Wildman–Crippen MR) is 91.9 cm³/mol. The molecule has 0 aliphatic carbocycles. The quantitative estimate of drug-likeness (QED) is 0.786. The first-order chi connectivity index (χ1) is 11.6. The van der Waals surface area contributed by atoms with E-state index in [4.69, 9.17) is 26.2 Å². The molecule has 134 valence electrons. The lowest BCUT2D eigenvalue weighted by Crippen LogP contribution is -2.23. The molecule has 1 heterocycles. The third kappa shape index (κ3) is 3.93. The van der Waals surface area contributed by atoms with E-state index >= 15 is 0 Å². The Labute approximate surface area is 150 Å². The van der Waals surface area contributed by atoms with Crippen LogP contribution in [-0.4, -0.2) is 32.7 Å². The minimum Gasteiger partial charge on any atom is -0.479 e. The number of carboxylic acid groups (broad SMARTS) is 1. The zero-order valence-corrected chi connectivity index (χ0v) is 15.3. The number of halogens is 1. The summed E-state index contributed by atoms with van der Waals surface area (Å²) >= 11 is 6.23. The normalized spacial score (nSPS) is 11.9. The number of rotatable bonds is 6. The second-order valence-corrected chi connectivity index (χ2v) is 6.08. The number of carbonyl (C=O) groups excluding carboxylic acids is 1. The Morgan fingerprint density at radius 2 is 1.92 bits per heavy atom. The van der Waals surface area contributed by atoms with Gasteiger partial charge < -0.3 is 14.6 Å². The molecule has 0 saturated heterocycles. The van der Waals surface area contributed by atoms with Gasteiger partial charge in [0.05, 0.1) is 16.3 Å². The number of Topliss-reactive ketones (excluding diaryl/α,β-unsaturated/α-hetero) is 1. The summed E-state index contributed by atoms with van der Waals surface area (Å²) in [6.45, 7) is 6.43. The average molecular weight is 367 g/mol. The molecule has 0 amide bonds. The summed E-state index contributed by atoms with van der Waals surface area (Å²) in [7, 11) is 1.73. The standard InChI is InChI=1S/C17H19ClN2O5/c1-8-9(2)19-20(5)16(8)25-15-7-14(24-11(4)17(22)23)12(10(3)21)6-13(15)18/h6-7,11H,1-5H3,(H,22,23)/t11-/m0/s1. The van der Waals surface area contributed by atoms with E-state index < -0.39 is 12.1 Å². The number of aromatic nitrogens is 2. The molecule has 0 spiro atoms. The Morgan fingerprint density at radius 3 is 2.40 bits per heavy atom. The Hall–Kier alpha value is -2.54. The maximum absolute atomic E-state index is 11.8. The first kappa shape index (κ1) is 18.8. The number of aryl methyl sites for hydroxylation is 2. The zero-order chi connectivity index (χ0) is 18.9. The van der Waals surface area contributed by atoms with Crippen LogP contribution in [0.2, 0.25) is 5.02 Å². The van der Waals surface area contributed by atoms with Gasteiger partial charge in [-0.15, -0.1) is 0 Å². The van der Waals surface area contributed by atoms with Crippen LogP contribution in [0.1, 0.15) is 35.5 Å². The summed E-state index contributed by atoms with van der Waals surface area (Å²) in [6.07, 6.45) is -1.13. The number of carbonyl (C=O) groups is 2. The molecule has 1 atom stereocenters. The van der Waals surface area contributed by atoms with E-state index in [1.54, 1.807) is 11.7 Å². The molecular weight excluding hydrogens is 348 g/mol. The van der Waals surface area contributed by atoms with Crippen molar-refractivity contribution < 1.29 is 24.2 Å². The van der Waals surface area contributed by atoms with Crippen molar-refractivity contribution in [3.05, 3.63) is 34.0 Å². The Morgan fingerprint density at radius 1 is 1.28 bits per heavy atom. The summed E-state index contributed by atoms with van der Waals surface area (Å²) < 4.78 is 12.8. The third-order valence-electron chi connectivity index (χ3n) is 3.73. The van der Waals surface area contributed by atoms with Gasteiger partial charge in [-0.2, -0.15) is 5.10 Å². The Kier molecular flexibility index (Phi) is 5.37. The van der Waals surface area contributed by atoms with Crippen molar-refractivity contribution in [2.75, 3.05) is 0 Å². The highest BCUT2D eigenvalue weighted by Crippen LogP contribution is 2.37. The fourth-order valence-electron chi connectivity index (χ4n) is 2.22. The van der Waals surface area contributed by atoms with E-state index in [1.165, 1.54) is 26.0 Å². The van der Waals surface area contributed by atoms with Crippen LogP contribution in [0.15, 0.2) is 12.1 Å². The van der Waals surface area contributed by atoms with E-state index in [-0.39, 0.29) is 27.9 Å².